The smallest absolute Gasteiger partial charge is 0.152 e. The monoisotopic (exact) mass is 291 g/mol. The number of furan rings is 1. The summed E-state index contributed by atoms with van der Waals surface area (Å²) in [5, 5.41) is 2.14. The van der Waals surface area contributed by atoms with Crippen LogP contribution in [0, 0.1) is 0 Å². The molecule has 0 spiro atoms. The first-order valence-corrected chi connectivity index (χ1v) is 6.60. The van der Waals surface area contributed by atoms with Gasteiger partial charge in [0.2, 0.25) is 0 Å². The van der Waals surface area contributed by atoms with Crippen molar-refractivity contribution in [1.29, 1.82) is 0 Å². The molecule has 0 radical (unpaired) electrons. The van der Waals surface area contributed by atoms with E-state index in [9.17, 15) is 0 Å². The molecule has 0 aliphatic rings. The fourth-order valence-corrected chi connectivity index (χ4v) is 2.55. The Hall–Kier alpha value is -1.48. The summed E-state index contributed by atoms with van der Waals surface area (Å²) >= 11 is 12.2. The van der Waals surface area contributed by atoms with E-state index in [0.717, 1.165) is 10.9 Å². The van der Waals surface area contributed by atoms with Crippen molar-refractivity contribution in [2.45, 2.75) is 6.04 Å². The predicted molar refractivity (Wildman–Crippen MR) is 78.7 cm³/mol. The van der Waals surface area contributed by atoms with Gasteiger partial charge in [0.15, 0.2) is 5.58 Å². The Bertz CT molecular complexity index is 736. The molecule has 4 heteroatoms. The van der Waals surface area contributed by atoms with Gasteiger partial charge < -0.3 is 10.2 Å². The highest BCUT2D eigenvalue weighted by molar-refractivity contribution is 6.34. The van der Waals surface area contributed by atoms with E-state index in [1.54, 1.807) is 6.07 Å². The highest BCUT2D eigenvalue weighted by Gasteiger charge is 2.17. The van der Waals surface area contributed by atoms with Crippen LogP contribution in [-0.2, 0) is 0 Å². The summed E-state index contributed by atoms with van der Waals surface area (Å²) in [6.45, 7) is 0. The molecule has 0 aliphatic heterocycles. The normalized spacial score (nSPS) is 12.8. The molecule has 1 unspecified atom stereocenters. The molecule has 1 aromatic heterocycles. The van der Waals surface area contributed by atoms with Gasteiger partial charge in [0.05, 0.1) is 11.1 Å². The van der Waals surface area contributed by atoms with Crippen LogP contribution in [0.25, 0.3) is 11.0 Å². The second-order valence-electron chi connectivity index (χ2n) is 4.31. The van der Waals surface area contributed by atoms with E-state index in [-0.39, 0.29) is 0 Å². The zero-order valence-electron chi connectivity index (χ0n) is 9.94. The van der Waals surface area contributed by atoms with Gasteiger partial charge in [0, 0.05) is 10.4 Å². The van der Waals surface area contributed by atoms with Crippen LogP contribution in [-0.4, -0.2) is 0 Å². The lowest BCUT2D eigenvalue weighted by Crippen LogP contribution is -2.11. The van der Waals surface area contributed by atoms with E-state index in [4.69, 9.17) is 33.4 Å². The van der Waals surface area contributed by atoms with Gasteiger partial charge >= 0.3 is 0 Å². The molecule has 0 saturated carbocycles. The number of para-hydroxylation sites is 1. The average molecular weight is 292 g/mol. The van der Waals surface area contributed by atoms with Crippen molar-refractivity contribution < 1.29 is 4.42 Å². The Balaban J connectivity index is 2.10. The molecular weight excluding hydrogens is 281 g/mol. The molecule has 0 saturated heterocycles. The average Bonchev–Trinajstić information content (AvgIpc) is 2.84. The Labute approximate surface area is 120 Å². The van der Waals surface area contributed by atoms with Crippen LogP contribution in [0.4, 0.5) is 0 Å². The molecule has 96 valence electrons. The van der Waals surface area contributed by atoms with E-state index >= 15 is 0 Å². The first-order valence-electron chi connectivity index (χ1n) is 5.85. The minimum Gasteiger partial charge on any atom is -0.457 e. The summed E-state index contributed by atoms with van der Waals surface area (Å²) in [7, 11) is 0. The summed E-state index contributed by atoms with van der Waals surface area (Å²) in [6.07, 6.45) is 0. The summed E-state index contributed by atoms with van der Waals surface area (Å²) in [4.78, 5) is 0. The van der Waals surface area contributed by atoms with Crippen LogP contribution in [0.1, 0.15) is 17.4 Å². The number of fused-ring (bicyclic) bond motifs is 1. The van der Waals surface area contributed by atoms with Crippen LogP contribution in [0.5, 0.6) is 0 Å². The number of benzene rings is 2. The maximum absolute atomic E-state index is 6.21. The molecule has 1 heterocycles. The first kappa shape index (κ1) is 12.5. The minimum absolute atomic E-state index is 0.405. The molecule has 19 heavy (non-hydrogen) atoms. The summed E-state index contributed by atoms with van der Waals surface area (Å²) < 4.78 is 5.75. The topological polar surface area (TPSA) is 39.2 Å². The third-order valence-electron chi connectivity index (χ3n) is 3.06. The van der Waals surface area contributed by atoms with Gasteiger partial charge in [-0.05, 0) is 23.8 Å². The van der Waals surface area contributed by atoms with Gasteiger partial charge in [-0.2, -0.15) is 0 Å². The van der Waals surface area contributed by atoms with Crippen LogP contribution in [0.3, 0.4) is 0 Å². The molecule has 2 nitrogen and oxygen atoms in total. The maximum atomic E-state index is 6.21. The van der Waals surface area contributed by atoms with Crippen molar-refractivity contribution >= 4 is 34.2 Å². The SMILES string of the molecule is NC(c1cc2cccc(Cl)c2o1)c1ccccc1Cl. The maximum Gasteiger partial charge on any atom is 0.152 e. The highest BCUT2D eigenvalue weighted by Crippen LogP contribution is 2.32. The first-order chi connectivity index (χ1) is 9.16. The second kappa shape index (κ2) is 4.89. The van der Waals surface area contributed by atoms with Crippen molar-refractivity contribution in [3.63, 3.8) is 0 Å². The second-order valence-corrected chi connectivity index (χ2v) is 5.12. The summed E-state index contributed by atoms with van der Waals surface area (Å²) in [5.74, 6) is 0.649. The molecule has 0 amide bonds. The Morgan fingerprint density at radius 2 is 1.68 bits per heavy atom. The van der Waals surface area contributed by atoms with Gasteiger partial charge in [-0.3, -0.25) is 0 Å². The van der Waals surface area contributed by atoms with Crippen molar-refractivity contribution in [2.75, 3.05) is 0 Å². The number of hydrogen-bond donors (Lipinski definition) is 1. The van der Waals surface area contributed by atoms with Gasteiger partial charge in [-0.15, -0.1) is 0 Å². The number of rotatable bonds is 2. The van der Waals surface area contributed by atoms with Crippen LogP contribution < -0.4 is 5.73 Å². The zero-order chi connectivity index (χ0) is 13.4. The molecular formula is C15H11Cl2NO. The van der Waals surface area contributed by atoms with Gasteiger partial charge in [-0.1, -0.05) is 53.5 Å². The number of halogens is 2. The fourth-order valence-electron chi connectivity index (χ4n) is 2.08. The quantitative estimate of drug-likeness (QED) is 0.737. The Morgan fingerprint density at radius 3 is 2.42 bits per heavy atom. The third-order valence-corrected chi connectivity index (χ3v) is 3.70. The fraction of sp³-hybridized carbons (Fsp3) is 0.0667. The van der Waals surface area contributed by atoms with Crippen LogP contribution in [0.15, 0.2) is 52.9 Å². The van der Waals surface area contributed by atoms with Crippen LogP contribution in [0.2, 0.25) is 10.0 Å². The molecule has 2 aromatic carbocycles. The third kappa shape index (κ3) is 2.23. The molecule has 2 N–H and O–H groups in total. The zero-order valence-corrected chi connectivity index (χ0v) is 11.4. The van der Waals surface area contributed by atoms with Crippen molar-refractivity contribution in [2.24, 2.45) is 5.73 Å². The lowest BCUT2D eigenvalue weighted by molar-refractivity contribution is 0.525. The molecule has 1 atom stereocenters. The molecule has 3 rings (SSSR count). The molecule has 3 aromatic rings. The van der Waals surface area contributed by atoms with Gasteiger partial charge in [0.1, 0.15) is 5.76 Å². The van der Waals surface area contributed by atoms with Gasteiger partial charge in [0.25, 0.3) is 0 Å². The standard InChI is InChI=1S/C15H11Cl2NO/c16-11-6-2-1-5-10(11)14(18)13-8-9-4-3-7-12(17)15(9)19-13/h1-8,14H,18H2. The highest BCUT2D eigenvalue weighted by atomic mass is 35.5. The molecule has 0 fully saturated rings. The van der Waals surface area contributed by atoms with E-state index < -0.39 is 6.04 Å². The van der Waals surface area contributed by atoms with Crippen molar-refractivity contribution in [1.82, 2.24) is 0 Å². The largest absolute Gasteiger partial charge is 0.457 e. The van der Waals surface area contributed by atoms with E-state index in [0.29, 0.717) is 21.4 Å². The van der Waals surface area contributed by atoms with Crippen LogP contribution >= 0.6 is 23.2 Å². The lowest BCUT2D eigenvalue weighted by Gasteiger charge is -2.10. The number of hydrogen-bond acceptors (Lipinski definition) is 2. The Kier molecular flexibility index (Phi) is 3.23. The van der Waals surface area contributed by atoms with E-state index in [1.807, 2.05) is 42.5 Å². The van der Waals surface area contributed by atoms with Crippen molar-refractivity contribution in [3.05, 3.63) is 69.9 Å². The van der Waals surface area contributed by atoms with Gasteiger partial charge in [-0.25, -0.2) is 0 Å². The summed E-state index contributed by atoms with van der Waals surface area (Å²) in [6, 6.07) is 14.6. The van der Waals surface area contributed by atoms with Crippen molar-refractivity contribution in [3.8, 4) is 0 Å². The van der Waals surface area contributed by atoms with E-state index in [2.05, 4.69) is 0 Å². The Morgan fingerprint density at radius 1 is 0.947 bits per heavy atom. The molecule has 0 bridgehead atoms. The summed E-state index contributed by atoms with van der Waals surface area (Å²) in [5.41, 5.74) is 7.70. The number of nitrogens with two attached hydrogens (primary N) is 1. The van der Waals surface area contributed by atoms with E-state index in [1.165, 1.54) is 0 Å². The predicted octanol–water partition coefficient (Wildman–Crippen LogP) is 4.79. The minimum atomic E-state index is -0.405. The lowest BCUT2D eigenvalue weighted by atomic mass is 10.1. The molecule has 0 aliphatic carbocycles.